The number of hydrogen-bond acceptors (Lipinski definition) is 6. The summed E-state index contributed by atoms with van der Waals surface area (Å²) in [6, 6.07) is 14.5. The lowest BCUT2D eigenvalue weighted by atomic mass is 10.1. The first-order valence-corrected chi connectivity index (χ1v) is 12.7. The van der Waals surface area contributed by atoms with Crippen LogP contribution >= 0.6 is 46.6 Å². The van der Waals surface area contributed by atoms with Crippen LogP contribution in [0.2, 0.25) is 0 Å². The third-order valence-electron chi connectivity index (χ3n) is 4.90. The van der Waals surface area contributed by atoms with Crippen LogP contribution in [0.1, 0.15) is 41.6 Å². The first-order chi connectivity index (χ1) is 15.9. The van der Waals surface area contributed by atoms with E-state index in [4.69, 9.17) is 17.0 Å². The van der Waals surface area contributed by atoms with Crippen LogP contribution in [0.4, 0.5) is 5.69 Å². The quantitative estimate of drug-likeness (QED) is 0.136. The number of thiocarbonyl (C=S) groups is 1. The van der Waals surface area contributed by atoms with Gasteiger partial charge in [0.15, 0.2) is 0 Å². The van der Waals surface area contributed by atoms with Crippen molar-refractivity contribution in [3.63, 3.8) is 0 Å². The van der Waals surface area contributed by atoms with Gasteiger partial charge in [0.1, 0.15) is 4.32 Å². The Kier molecular flexibility index (Phi) is 9.45. The van der Waals surface area contributed by atoms with Crippen molar-refractivity contribution >= 4 is 80.4 Å². The van der Waals surface area contributed by atoms with Crippen molar-refractivity contribution in [2.75, 3.05) is 19.0 Å². The van der Waals surface area contributed by atoms with Gasteiger partial charge in [0, 0.05) is 22.2 Å². The first-order valence-electron chi connectivity index (χ1n) is 10.4. The lowest BCUT2D eigenvalue weighted by Crippen LogP contribution is -2.29. The average molecular weight is 594 g/mol. The van der Waals surface area contributed by atoms with Crippen LogP contribution in [0.15, 0.2) is 53.4 Å². The number of amides is 2. The predicted molar refractivity (Wildman–Crippen MR) is 144 cm³/mol. The van der Waals surface area contributed by atoms with E-state index in [1.54, 1.807) is 35.2 Å². The van der Waals surface area contributed by atoms with Crippen molar-refractivity contribution in [3.05, 3.63) is 68.1 Å². The molecule has 1 aliphatic heterocycles. The Labute approximate surface area is 216 Å². The van der Waals surface area contributed by atoms with Crippen LogP contribution in [-0.2, 0) is 14.3 Å². The summed E-state index contributed by atoms with van der Waals surface area (Å²) in [5.41, 5.74) is 2.06. The molecule has 9 heteroatoms. The van der Waals surface area contributed by atoms with Gasteiger partial charge >= 0.3 is 5.97 Å². The summed E-state index contributed by atoms with van der Waals surface area (Å²) in [5, 5.41) is 2.91. The standard InChI is InChI=1S/C24H23IN2O4S2/c1-31-23(30)17-11-9-16(10-12-17)14-20-22(29)27(24(32)33-20)13-4-2-3-8-21(28)26-19-7-5-6-18(25)15-19/h5-7,9-12,14-15H,2-4,8,13H2,1H3,(H,26,28). The van der Waals surface area contributed by atoms with Gasteiger partial charge in [0.05, 0.1) is 17.6 Å². The topological polar surface area (TPSA) is 75.7 Å². The molecule has 172 valence electrons. The number of ether oxygens (including phenoxy) is 1. The number of rotatable bonds is 9. The maximum absolute atomic E-state index is 12.8. The van der Waals surface area contributed by atoms with Crippen LogP contribution in [0.3, 0.4) is 0 Å². The van der Waals surface area contributed by atoms with Gasteiger partial charge < -0.3 is 10.1 Å². The second-order valence-electron chi connectivity index (χ2n) is 7.32. The molecule has 33 heavy (non-hydrogen) atoms. The van der Waals surface area contributed by atoms with Crippen molar-refractivity contribution in [1.29, 1.82) is 0 Å². The second kappa shape index (κ2) is 12.3. The summed E-state index contributed by atoms with van der Waals surface area (Å²) in [5.74, 6) is -0.526. The Balaban J connectivity index is 1.44. The summed E-state index contributed by atoms with van der Waals surface area (Å²) < 4.78 is 6.30. The summed E-state index contributed by atoms with van der Waals surface area (Å²) in [6.07, 6.45) is 4.54. The molecule has 0 saturated carbocycles. The van der Waals surface area contributed by atoms with E-state index >= 15 is 0 Å². The molecule has 0 aromatic heterocycles. The van der Waals surface area contributed by atoms with E-state index in [9.17, 15) is 14.4 Å². The van der Waals surface area contributed by atoms with E-state index in [1.807, 2.05) is 24.3 Å². The molecule has 1 saturated heterocycles. The highest BCUT2D eigenvalue weighted by atomic mass is 127. The molecular weight excluding hydrogens is 571 g/mol. The summed E-state index contributed by atoms with van der Waals surface area (Å²) in [7, 11) is 1.33. The van der Waals surface area contributed by atoms with Gasteiger partial charge in [-0.15, -0.1) is 0 Å². The van der Waals surface area contributed by atoms with Crippen LogP contribution < -0.4 is 5.32 Å². The highest BCUT2D eigenvalue weighted by Crippen LogP contribution is 2.32. The predicted octanol–water partition coefficient (Wildman–Crippen LogP) is 5.48. The Morgan fingerprint density at radius 1 is 1.15 bits per heavy atom. The fourth-order valence-electron chi connectivity index (χ4n) is 3.20. The number of halogens is 1. The third-order valence-corrected chi connectivity index (χ3v) is 6.95. The van der Waals surface area contributed by atoms with E-state index in [1.165, 1.54) is 18.9 Å². The SMILES string of the molecule is COC(=O)c1ccc(C=C2SC(=S)N(CCCCCC(=O)Nc3cccc(I)c3)C2=O)cc1. The highest BCUT2D eigenvalue weighted by Gasteiger charge is 2.31. The Morgan fingerprint density at radius 3 is 2.61 bits per heavy atom. The number of esters is 1. The number of benzene rings is 2. The number of hydrogen-bond donors (Lipinski definition) is 1. The molecule has 2 aromatic carbocycles. The van der Waals surface area contributed by atoms with Gasteiger partial charge in [-0.1, -0.05) is 48.6 Å². The van der Waals surface area contributed by atoms with Crippen LogP contribution in [0.25, 0.3) is 6.08 Å². The van der Waals surface area contributed by atoms with Crippen molar-refractivity contribution < 1.29 is 19.1 Å². The molecule has 0 aliphatic carbocycles. The van der Waals surface area contributed by atoms with E-state index in [2.05, 4.69) is 27.9 Å². The normalized spacial score (nSPS) is 14.6. The Morgan fingerprint density at radius 2 is 1.91 bits per heavy atom. The molecule has 0 bridgehead atoms. The van der Waals surface area contributed by atoms with Gasteiger partial charge in [-0.05, 0) is 77.4 Å². The van der Waals surface area contributed by atoms with E-state index in [0.717, 1.165) is 34.1 Å². The van der Waals surface area contributed by atoms with Crippen LogP contribution in [0.5, 0.6) is 0 Å². The largest absolute Gasteiger partial charge is 0.465 e. The summed E-state index contributed by atoms with van der Waals surface area (Å²) in [6.45, 7) is 0.530. The van der Waals surface area contributed by atoms with Gasteiger partial charge in [-0.25, -0.2) is 4.79 Å². The molecule has 3 rings (SSSR count). The number of thioether (sulfide) groups is 1. The molecule has 2 aromatic rings. The van der Waals surface area contributed by atoms with E-state index in [0.29, 0.717) is 27.8 Å². The number of unbranched alkanes of at least 4 members (excludes halogenated alkanes) is 2. The zero-order valence-electron chi connectivity index (χ0n) is 18.0. The van der Waals surface area contributed by atoms with Crippen molar-refractivity contribution in [2.45, 2.75) is 25.7 Å². The second-order valence-corrected chi connectivity index (χ2v) is 10.2. The molecule has 0 atom stereocenters. The maximum Gasteiger partial charge on any atom is 0.337 e. The summed E-state index contributed by atoms with van der Waals surface area (Å²) in [4.78, 5) is 38.6. The molecule has 0 radical (unpaired) electrons. The first kappa shape index (κ1) is 25.4. The monoisotopic (exact) mass is 594 g/mol. The lowest BCUT2D eigenvalue weighted by molar-refractivity contribution is -0.122. The molecular formula is C24H23IN2O4S2. The minimum absolute atomic E-state index is 0.0104. The smallest absolute Gasteiger partial charge is 0.337 e. The highest BCUT2D eigenvalue weighted by molar-refractivity contribution is 14.1. The van der Waals surface area contributed by atoms with Gasteiger partial charge in [0.2, 0.25) is 5.91 Å². The number of carbonyl (C=O) groups excluding carboxylic acids is 3. The molecule has 1 aliphatic rings. The number of nitrogens with zero attached hydrogens (tertiary/aromatic N) is 1. The minimum Gasteiger partial charge on any atom is -0.465 e. The maximum atomic E-state index is 12.8. The number of methoxy groups -OCH3 is 1. The molecule has 0 unspecified atom stereocenters. The van der Waals surface area contributed by atoms with E-state index in [-0.39, 0.29) is 11.8 Å². The van der Waals surface area contributed by atoms with Crippen LogP contribution in [-0.4, -0.2) is 40.7 Å². The van der Waals surface area contributed by atoms with E-state index < -0.39 is 5.97 Å². The Hall–Kier alpha value is -2.24. The molecule has 1 heterocycles. The number of nitrogens with one attached hydrogen (secondary N) is 1. The summed E-state index contributed by atoms with van der Waals surface area (Å²) >= 11 is 8.87. The van der Waals surface area contributed by atoms with Crippen LogP contribution in [0, 0.1) is 3.57 Å². The fourth-order valence-corrected chi connectivity index (χ4v) is 5.05. The zero-order valence-corrected chi connectivity index (χ0v) is 21.8. The van der Waals surface area contributed by atoms with Gasteiger partial charge in [-0.3, -0.25) is 14.5 Å². The molecule has 6 nitrogen and oxygen atoms in total. The van der Waals surface area contributed by atoms with Crippen molar-refractivity contribution in [1.82, 2.24) is 4.90 Å². The van der Waals surface area contributed by atoms with Crippen molar-refractivity contribution in [2.24, 2.45) is 0 Å². The molecule has 2 amide bonds. The number of carbonyl (C=O) groups is 3. The average Bonchev–Trinajstić information content (AvgIpc) is 3.06. The molecule has 1 N–H and O–H groups in total. The van der Waals surface area contributed by atoms with Crippen molar-refractivity contribution in [3.8, 4) is 0 Å². The zero-order chi connectivity index (χ0) is 23.8. The molecule has 1 fully saturated rings. The lowest BCUT2D eigenvalue weighted by Gasteiger charge is -2.14. The fraction of sp³-hybridized carbons (Fsp3) is 0.250. The third kappa shape index (κ3) is 7.38. The van der Waals surface area contributed by atoms with Gasteiger partial charge in [-0.2, -0.15) is 0 Å². The number of anilines is 1. The minimum atomic E-state index is -0.403. The Bertz CT molecular complexity index is 1090. The molecule has 0 spiro atoms. The van der Waals surface area contributed by atoms with Gasteiger partial charge in [0.25, 0.3) is 5.91 Å².